The molecule has 1 saturated carbocycles. The van der Waals surface area contributed by atoms with Gasteiger partial charge in [0.25, 0.3) is 0 Å². The Bertz CT molecular complexity index is 257. The summed E-state index contributed by atoms with van der Waals surface area (Å²) in [6.45, 7) is 7.58. The van der Waals surface area contributed by atoms with E-state index in [1.54, 1.807) is 0 Å². The van der Waals surface area contributed by atoms with E-state index in [1.165, 1.54) is 6.42 Å². The fraction of sp³-hybridized carbons (Fsp3) is 0.909. The van der Waals surface area contributed by atoms with E-state index in [9.17, 15) is 4.79 Å². The predicted octanol–water partition coefficient (Wildman–Crippen LogP) is 1.33. The Balaban J connectivity index is 2.04. The Hall–Kier alpha value is -0.570. The van der Waals surface area contributed by atoms with Crippen molar-refractivity contribution in [3.05, 3.63) is 0 Å². The van der Waals surface area contributed by atoms with Crippen molar-refractivity contribution in [1.29, 1.82) is 0 Å². The smallest absolute Gasteiger partial charge is 0.314 e. The summed E-state index contributed by atoms with van der Waals surface area (Å²) in [6, 6.07) is 0. The predicted molar refractivity (Wildman–Crippen MR) is 53.9 cm³/mol. The lowest BCUT2D eigenvalue weighted by molar-refractivity contribution is -0.175. The second-order valence-electron chi connectivity index (χ2n) is 5.52. The first-order valence-corrected chi connectivity index (χ1v) is 5.38. The lowest BCUT2D eigenvalue weighted by Crippen LogP contribution is -2.49. The van der Waals surface area contributed by atoms with Crippen LogP contribution in [0, 0.1) is 11.3 Å². The van der Waals surface area contributed by atoms with Gasteiger partial charge in [-0.3, -0.25) is 4.79 Å². The molecule has 1 aliphatic carbocycles. The molecule has 2 atom stereocenters. The van der Waals surface area contributed by atoms with Crippen LogP contribution in [-0.4, -0.2) is 24.7 Å². The number of carbonyl (C=O) groups is 1. The molecular formula is C11H19NO2. The molecule has 1 N–H and O–H groups in total. The molecule has 1 heterocycles. The van der Waals surface area contributed by atoms with Crippen LogP contribution in [0.15, 0.2) is 0 Å². The Morgan fingerprint density at radius 3 is 2.64 bits per heavy atom. The van der Waals surface area contributed by atoms with Crippen LogP contribution < -0.4 is 5.32 Å². The summed E-state index contributed by atoms with van der Waals surface area (Å²) in [5.74, 6) is 0.531. The van der Waals surface area contributed by atoms with E-state index in [0.29, 0.717) is 5.92 Å². The molecule has 1 aliphatic heterocycles. The van der Waals surface area contributed by atoms with Crippen LogP contribution in [-0.2, 0) is 9.53 Å². The van der Waals surface area contributed by atoms with Crippen molar-refractivity contribution in [3.8, 4) is 0 Å². The number of carbonyl (C=O) groups excluding carboxylic acids is 1. The average molecular weight is 197 g/mol. The lowest BCUT2D eigenvalue weighted by Gasteiger charge is -2.42. The van der Waals surface area contributed by atoms with E-state index in [-0.39, 0.29) is 17.0 Å². The zero-order valence-electron chi connectivity index (χ0n) is 9.22. The van der Waals surface area contributed by atoms with Crippen LogP contribution in [0.2, 0.25) is 0 Å². The van der Waals surface area contributed by atoms with Gasteiger partial charge in [-0.05, 0) is 46.1 Å². The van der Waals surface area contributed by atoms with Gasteiger partial charge in [0.1, 0.15) is 5.60 Å². The second-order valence-corrected chi connectivity index (χ2v) is 5.52. The lowest BCUT2D eigenvalue weighted by atomic mass is 9.62. The number of rotatable bonds is 1. The number of hydrogen-bond acceptors (Lipinski definition) is 3. The molecular weight excluding hydrogens is 178 g/mol. The van der Waals surface area contributed by atoms with E-state index in [0.717, 1.165) is 19.5 Å². The summed E-state index contributed by atoms with van der Waals surface area (Å²) in [4.78, 5) is 12.0. The molecule has 2 aliphatic rings. The summed E-state index contributed by atoms with van der Waals surface area (Å²) >= 11 is 0. The summed E-state index contributed by atoms with van der Waals surface area (Å²) in [6.07, 6.45) is 2.17. The SMILES string of the molecule is CC(C)(C)OC(=O)C12CCC1CNC2. The highest BCUT2D eigenvalue weighted by molar-refractivity contribution is 5.79. The third kappa shape index (κ3) is 1.44. The summed E-state index contributed by atoms with van der Waals surface area (Å²) in [7, 11) is 0. The van der Waals surface area contributed by atoms with Crippen LogP contribution in [0.4, 0.5) is 0 Å². The van der Waals surface area contributed by atoms with Gasteiger partial charge in [-0.2, -0.15) is 0 Å². The third-order valence-electron chi connectivity index (χ3n) is 3.36. The molecule has 2 rings (SSSR count). The van der Waals surface area contributed by atoms with Gasteiger partial charge in [0.05, 0.1) is 5.41 Å². The van der Waals surface area contributed by atoms with Crippen molar-refractivity contribution in [2.24, 2.45) is 11.3 Å². The fourth-order valence-electron chi connectivity index (χ4n) is 2.42. The molecule has 2 fully saturated rings. The highest BCUT2D eigenvalue weighted by Crippen LogP contribution is 2.50. The molecule has 0 amide bonds. The van der Waals surface area contributed by atoms with Crippen molar-refractivity contribution in [1.82, 2.24) is 5.32 Å². The second kappa shape index (κ2) is 2.96. The molecule has 0 aromatic heterocycles. The van der Waals surface area contributed by atoms with Gasteiger partial charge in [-0.1, -0.05) is 0 Å². The largest absolute Gasteiger partial charge is 0.459 e. The maximum atomic E-state index is 12.0. The molecule has 3 nitrogen and oxygen atoms in total. The number of hydrogen-bond donors (Lipinski definition) is 1. The van der Waals surface area contributed by atoms with Gasteiger partial charge in [0.2, 0.25) is 0 Å². The molecule has 1 saturated heterocycles. The summed E-state index contributed by atoms with van der Waals surface area (Å²) in [5.41, 5.74) is -0.526. The summed E-state index contributed by atoms with van der Waals surface area (Å²) in [5, 5.41) is 3.29. The normalized spacial score (nSPS) is 36.1. The van der Waals surface area contributed by atoms with Crippen molar-refractivity contribution < 1.29 is 9.53 Å². The zero-order chi connectivity index (χ0) is 10.4. The van der Waals surface area contributed by atoms with E-state index in [2.05, 4.69) is 5.32 Å². The molecule has 3 heteroatoms. The van der Waals surface area contributed by atoms with Gasteiger partial charge in [0, 0.05) is 6.54 Å². The molecule has 0 aromatic rings. The minimum absolute atomic E-state index is 0.00579. The van der Waals surface area contributed by atoms with E-state index in [1.807, 2.05) is 20.8 Å². The van der Waals surface area contributed by atoms with Crippen LogP contribution in [0.5, 0.6) is 0 Å². The van der Waals surface area contributed by atoms with Gasteiger partial charge < -0.3 is 10.1 Å². The Kier molecular flexibility index (Phi) is 2.11. The first-order valence-electron chi connectivity index (χ1n) is 5.38. The number of nitrogens with one attached hydrogen (secondary N) is 1. The summed E-state index contributed by atoms with van der Waals surface area (Å²) < 4.78 is 5.47. The van der Waals surface area contributed by atoms with E-state index < -0.39 is 0 Å². The third-order valence-corrected chi connectivity index (χ3v) is 3.36. The first kappa shape index (κ1) is 9.97. The molecule has 2 unspecified atom stereocenters. The van der Waals surface area contributed by atoms with Crippen molar-refractivity contribution >= 4 is 5.97 Å². The van der Waals surface area contributed by atoms with Crippen LogP contribution in [0.1, 0.15) is 33.6 Å². The van der Waals surface area contributed by atoms with E-state index >= 15 is 0 Å². The van der Waals surface area contributed by atoms with Crippen LogP contribution >= 0.6 is 0 Å². The van der Waals surface area contributed by atoms with Crippen molar-refractivity contribution in [2.45, 2.75) is 39.2 Å². The standard InChI is InChI=1S/C11H19NO2/c1-10(2,3)14-9(13)11-5-4-8(11)6-12-7-11/h8,12H,4-7H2,1-3H3. The maximum absolute atomic E-state index is 12.0. The van der Waals surface area contributed by atoms with E-state index in [4.69, 9.17) is 4.74 Å². The van der Waals surface area contributed by atoms with Gasteiger partial charge in [0.15, 0.2) is 0 Å². The molecule has 0 aromatic carbocycles. The minimum Gasteiger partial charge on any atom is -0.459 e. The number of ether oxygens (including phenoxy) is 1. The number of fused-ring (bicyclic) bond motifs is 1. The monoisotopic (exact) mass is 197 g/mol. The van der Waals surface area contributed by atoms with Crippen molar-refractivity contribution in [2.75, 3.05) is 13.1 Å². The molecule has 14 heavy (non-hydrogen) atoms. The fourth-order valence-corrected chi connectivity index (χ4v) is 2.42. The van der Waals surface area contributed by atoms with Crippen molar-refractivity contribution in [3.63, 3.8) is 0 Å². The maximum Gasteiger partial charge on any atom is 0.314 e. The molecule has 80 valence electrons. The Morgan fingerprint density at radius 1 is 1.50 bits per heavy atom. The Labute approximate surface area is 85.2 Å². The zero-order valence-corrected chi connectivity index (χ0v) is 9.22. The minimum atomic E-state index is -0.353. The van der Waals surface area contributed by atoms with Crippen LogP contribution in [0.3, 0.4) is 0 Å². The topological polar surface area (TPSA) is 38.3 Å². The molecule has 0 bridgehead atoms. The van der Waals surface area contributed by atoms with Gasteiger partial charge in [-0.25, -0.2) is 0 Å². The molecule has 0 spiro atoms. The van der Waals surface area contributed by atoms with Gasteiger partial charge >= 0.3 is 5.97 Å². The first-order chi connectivity index (χ1) is 6.44. The van der Waals surface area contributed by atoms with Crippen LogP contribution in [0.25, 0.3) is 0 Å². The van der Waals surface area contributed by atoms with Gasteiger partial charge in [-0.15, -0.1) is 0 Å². The number of esters is 1. The Morgan fingerprint density at radius 2 is 2.21 bits per heavy atom. The highest BCUT2D eigenvalue weighted by Gasteiger charge is 2.56. The average Bonchev–Trinajstić information content (AvgIpc) is 2.24. The quantitative estimate of drug-likeness (QED) is 0.644. The molecule has 0 radical (unpaired) electrons. The highest BCUT2D eigenvalue weighted by atomic mass is 16.6.